The summed E-state index contributed by atoms with van der Waals surface area (Å²) in [7, 11) is -0.241. The number of ether oxygens (including phenoxy) is 1. The van der Waals surface area contributed by atoms with Crippen LogP contribution in [0.4, 0.5) is 5.69 Å². The molecule has 5 N–H and O–H groups in total. The highest BCUT2D eigenvalue weighted by Crippen LogP contribution is 2.48. The second-order valence-corrected chi connectivity index (χ2v) is 12.7. The lowest BCUT2D eigenvalue weighted by atomic mass is 9.67. The Hall–Kier alpha value is -2.71. The molecular formula is C33H41BINO8. The molecule has 0 aromatic heterocycles. The number of phenols is 1. The second kappa shape index (κ2) is 15.1. The lowest BCUT2D eigenvalue weighted by Crippen LogP contribution is -2.39. The van der Waals surface area contributed by atoms with E-state index in [4.69, 9.17) is 4.74 Å². The Morgan fingerprint density at radius 1 is 1.14 bits per heavy atom. The quantitative estimate of drug-likeness (QED) is 0.0908. The van der Waals surface area contributed by atoms with Crippen molar-refractivity contribution < 1.29 is 39.7 Å². The van der Waals surface area contributed by atoms with Crippen LogP contribution in [0.5, 0.6) is 11.5 Å². The standard InChI is InChI=1S/C33H41BINO8/c1-4-7-19(13-20-14-26(35)31(39)28(15-20)44-3)11-12-27(38)29-21(8-5-2)16-24-30(25(29)18-37)33(41)36(32(24)40)23-10-6-9-22(17-23)34(42)43/h6,9-10,13-15,17,24-25,27,30,37-39,42-43H,4-5,7-8,11-12,16,18H2,1-3H3/b19-13+/t24-,25+,27-,30-/m1/s1. The van der Waals surface area contributed by atoms with Gasteiger partial charge in [0.05, 0.1) is 40.9 Å². The van der Waals surface area contributed by atoms with Crippen LogP contribution in [-0.4, -0.2) is 64.1 Å². The van der Waals surface area contributed by atoms with Crippen molar-refractivity contribution in [3.05, 3.63) is 62.3 Å². The van der Waals surface area contributed by atoms with Gasteiger partial charge in [0.25, 0.3) is 0 Å². The van der Waals surface area contributed by atoms with Crippen LogP contribution in [0.3, 0.4) is 0 Å². The summed E-state index contributed by atoms with van der Waals surface area (Å²) >= 11 is 2.06. The van der Waals surface area contributed by atoms with Crippen molar-refractivity contribution >= 4 is 58.7 Å². The second-order valence-electron chi connectivity index (χ2n) is 11.6. The minimum atomic E-state index is -1.75. The van der Waals surface area contributed by atoms with Gasteiger partial charge >= 0.3 is 7.12 Å². The summed E-state index contributed by atoms with van der Waals surface area (Å²) in [5.41, 5.74) is 4.00. The van der Waals surface area contributed by atoms with Crippen molar-refractivity contribution in [2.24, 2.45) is 17.8 Å². The zero-order valence-corrected chi connectivity index (χ0v) is 27.5. The number of imide groups is 1. The average Bonchev–Trinajstić information content (AvgIpc) is 3.25. The van der Waals surface area contributed by atoms with Gasteiger partial charge in [-0.15, -0.1) is 0 Å². The number of methoxy groups -OCH3 is 1. The van der Waals surface area contributed by atoms with Gasteiger partial charge in [0.1, 0.15) is 0 Å². The first-order valence-electron chi connectivity index (χ1n) is 15.2. The number of aliphatic hydroxyl groups excluding tert-OH is 2. The summed E-state index contributed by atoms with van der Waals surface area (Å²) in [5, 5.41) is 51.8. The first kappa shape index (κ1) is 34.2. The van der Waals surface area contributed by atoms with Crippen molar-refractivity contribution in [1.82, 2.24) is 0 Å². The van der Waals surface area contributed by atoms with E-state index in [0.29, 0.717) is 40.6 Å². The largest absolute Gasteiger partial charge is 0.504 e. The molecule has 1 aliphatic carbocycles. The molecule has 11 heteroatoms. The fraction of sp³-hybridized carbons (Fsp3) is 0.455. The van der Waals surface area contributed by atoms with Crippen molar-refractivity contribution in [2.45, 2.75) is 64.9 Å². The number of anilines is 1. The number of hydrogen-bond acceptors (Lipinski definition) is 8. The Morgan fingerprint density at radius 3 is 2.52 bits per heavy atom. The summed E-state index contributed by atoms with van der Waals surface area (Å²) in [6.07, 6.45) is 5.58. The SMILES string of the molecule is CCCC1=C([C@H](O)CC/C(=C/c2cc(I)c(O)c(OC)c2)CCC)[C@H](CO)[C@@H]2C(=O)N(c3cccc(B(O)O)c3)C(=O)[C@@H]2C1. The van der Waals surface area contributed by atoms with E-state index in [-0.39, 0.29) is 29.4 Å². The fourth-order valence-electron chi connectivity index (χ4n) is 6.71. The zero-order valence-electron chi connectivity index (χ0n) is 25.4. The van der Waals surface area contributed by atoms with Crippen molar-refractivity contribution in [3.8, 4) is 11.5 Å². The van der Waals surface area contributed by atoms with E-state index < -0.39 is 36.9 Å². The molecule has 1 saturated heterocycles. The molecule has 1 fully saturated rings. The highest BCUT2D eigenvalue weighted by Gasteiger charge is 2.55. The first-order valence-corrected chi connectivity index (χ1v) is 16.2. The molecule has 2 aromatic carbocycles. The summed E-state index contributed by atoms with van der Waals surface area (Å²) in [6.45, 7) is 3.72. The van der Waals surface area contributed by atoms with Crippen LogP contribution in [0, 0.1) is 21.3 Å². The Labute approximate surface area is 272 Å². The third kappa shape index (κ3) is 7.07. The Morgan fingerprint density at radius 2 is 1.89 bits per heavy atom. The Bertz CT molecular complexity index is 1440. The minimum absolute atomic E-state index is 0.0935. The number of carbonyl (C=O) groups excluding carboxylic acids is 2. The molecule has 44 heavy (non-hydrogen) atoms. The van der Waals surface area contributed by atoms with Gasteiger partial charge in [-0.2, -0.15) is 0 Å². The molecule has 0 bridgehead atoms. The summed E-state index contributed by atoms with van der Waals surface area (Å²) in [6, 6.07) is 9.70. The predicted molar refractivity (Wildman–Crippen MR) is 178 cm³/mol. The maximum Gasteiger partial charge on any atom is 0.488 e. The molecule has 236 valence electrons. The highest BCUT2D eigenvalue weighted by atomic mass is 127. The van der Waals surface area contributed by atoms with E-state index in [2.05, 4.69) is 35.6 Å². The molecule has 4 atom stereocenters. The van der Waals surface area contributed by atoms with Crippen molar-refractivity contribution in [2.75, 3.05) is 18.6 Å². The van der Waals surface area contributed by atoms with Crippen molar-refractivity contribution in [1.29, 1.82) is 0 Å². The average molecular weight is 717 g/mol. The lowest BCUT2D eigenvalue weighted by Gasteiger charge is -2.36. The molecular weight excluding hydrogens is 676 g/mol. The third-order valence-corrected chi connectivity index (χ3v) is 9.49. The maximum absolute atomic E-state index is 13.8. The van der Waals surface area contributed by atoms with E-state index in [9.17, 15) is 35.0 Å². The third-order valence-electron chi connectivity index (χ3n) is 8.67. The number of halogens is 1. The van der Waals surface area contributed by atoms with Gasteiger partial charge in [-0.1, -0.05) is 56.0 Å². The maximum atomic E-state index is 13.8. The number of aliphatic hydroxyl groups is 2. The van der Waals surface area contributed by atoms with E-state index in [1.807, 2.05) is 13.0 Å². The smallest absolute Gasteiger partial charge is 0.488 e. The van der Waals surface area contributed by atoms with E-state index in [0.717, 1.165) is 40.9 Å². The minimum Gasteiger partial charge on any atom is -0.504 e. The Balaban J connectivity index is 1.62. The van der Waals surface area contributed by atoms with Gasteiger partial charge < -0.3 is 30.1 Å². The number of benzene rings is 2. The summed E-state index contributed by atoms with van der Waals surface area (Å²) in [5.74, 6) is -2.54. The van der Waals surface area contributed by atoms with E-state index >= 15 is 0 Å². The number of aromatic hydroxyl groups is 1. The number of allylic oxidation sites excluding steroid dienone is 2. The molecule has 0 unspecified atom stereocenters. The van der Waals surface area contributed by atoms with Crippen molar-refractivity contribution in [3.63, 3.8) is 0 Å². The van der Waals surface area contributed by atoms with E-state index in [1.165, 1.54) is 19.2 Å². The molecule has 4 rings (SSSR count). The van der Waals surface area contributed by atoms with Gasteiger partial charge in [-0.25, -0.2) is 0 Å². The van der Waals surface area contributed by atoms with E-state index in [1.54, 1.807) is 18.2 Å². The normalized spacial score (nSPS) is 21.1. The van der Waals surface area contributed by atoms with Gasteiger partial charge in [-0.3, -0.25) is 14.5 Å². The Kier molecular flexibility index (Phi) is 11.7. The molecule has 1 aliphatic heterocycles. The van der Waals surface area contributed by atoms with Crippen LogP contribution < -0.4 is 15.1 Å². The topological polar surface area (TPSA) is 148 Å². The molecule has 9 nitrogen and oxygen atoms in total. The van der Waals surface area contributed by atoms with Crippen LogP contribution in [0.15, 0.2) is 53.1 Å². The van der Waals surface area contributed by atoms with Crippen LogP contribution in [0.1, 0.15) is 64.4 Å². The number of hydrogen-bond donors (Lipinski definition) is 5. The molecule has 0 spiro atoms. The lowest BCUT2D eigenvalue weighted by molar-refractivity contribution is -0.123. The monoisotopic (exact) mass is 717 g/mol. The molecule has 1 heterocycles. The number of amides is 2. The number of fused-ring (bicyclic) bond motifs is 1. The molecule has 2 aromatic rings. The number of phenolic OH excluding ortho intramolecular Hbond substituents is 1. The first-order chi connectivity index (χ1) is 21.1. The number of carbonyl (C=O) groups is 2. The van der Waals surface area contributed by atoms with Crippen LogP contribution in [-0.2, 0) is 9.59 Å². The number of rotatable bonds is 13. The van der Waals surface area contributed by atoms with Crippen LogP contribution in [0.2, 0.25) is 0 Å². The van der Waals surface area contributed by atoms with Crippen LogP contribution in [0.25, 0.3) is 6.08 Å². The molecule has 2 aliphatic rings. The van der Waals surface area contributed by atoms with Gasteiger partial charge in [-0.05, 0) is 95.6 Å². The summed E-state index contributed by atoms with van der Waals surface area (Å²) in [4.78, 5) is 28.6. The van der Waals surface area contributed by atoms with Crippen LogP contribution >= 0.6 is 22.6 Å². The molecule has 0 saturated carbocycles. The fourth-order valence-corrected chi connectivity index (χ4v) is 7.34. The molecule has 0 radical (unpaired) electrons. The summed E-state index contributed by atoms with van der Waals surface area (Å²) < 4.78 is 5.99. The predicted octanol–water partition coefficient (Wildman–Crippen LogP) is 3.92. The molecule has 2 amide bonds. The zero-order chi connectivity index (χ0) is 32.1. The van der Waals surface area contributed by atoms with Gasteiger partial charge in [0.15, 0.2) is 11.5 Å². The number of nitrogens with zero attached hydrogens (tertiary/aromatic N) is 1. The van der Waals surface area contributed by atoms with Gasteiger partial charge in [0, 0.05) is 5.92 Å². The van der Waals surface area contributed by atoms with Gasteiger partial charge in [0.2, 0.25) is 11.8 Å². The highest BCUT2D eigenvalue weighted by molar-refractivity contribution is 14.1.